The summed E-state index contributed by atoms with van der Waals surface area (Å²) < 4.78 is 45.6. The Balaban J connectivity index is 2.41. The molecule has 3 nitrogen and oxygen atoms in total. The van der Waals surface area contributed by atoms with Gasteiger partial charge in [0.05, 0.1) is 12.1 Å². The molecule has 1 heterocycles. The zero-order valence-corrected chi connectivity index (χ0v) is 11.0. The maximum Gasteiger partial charge on any atom is 0.573 e. The van der Waals surface area contributed by atoms with E-state index in [1.165, 1.54) is 37.6 Å². The van der Waals surface area contributed by atoms with Crippen molar-refractivity contribution in [1.82, 2.24) is 4.98 Å². The van der Waals surface area contributed by atoms with E-state index >= 15 is 0 Å². The highest BCUT2D eigenvalue weighted by atomic mass is 35.5. The van der Waals surface area contributed by atoms with Crippen LogP contribution in [0.15, 0.2) is 36.5 Å². The van der Waals surface area contributed by atoms with Gasteiger partial charge in [-0.2, -0.15) is 0 Å². The Morgan fingerprint density at radius 2 is 1.95 bits per heavy atom. The van der Waals surface area contributed by atoms with Crippen molar-refractivity contribution in [2.75, 3.05) is 7.11 Å². The second-order valence-electron chi connectivity index (χ2n) is 3.78. The van der Waals surface area contributed by atoms with Gasteiger partial charge in [0.1, 0.15) is 17.2 Å². The second-order valence-corrected chi connectivity index (χ2v) is 4.22. The van der Waals surface area contributed by atoms with Gasteiger partial charge in [-0.15, -0.1) is 13.2 Å². The van der Waals surface area contributed by atoms with Crippen LogP contribution in [0.2, 0.25) is 5.02 Å². The predicted octanol–water partition coefficient (Wildman–Crippen LogP) is 4.31. The molecule has 2 aromatic rings. The minimum absolute atomic E-state index is 0.325. The monoisotopic (exact) mass is 303 g/mol. The fraction of sp³-hybridized carbons (Fsp3) is 0.154. The van der Waals surface area contributed by atoms with E-state index in [9.17, 15) is 13.2 Å². The van der Waals surface area contributed by atoms with E-state index in [0.29, 0.717) is 22.0 Å². The number of nitrogens with zero attached hydrogens (tertiary/aromatic N) is 1. The minimum atomic E-state index is -4.74. The van der Waals surface area contributed by atoms with Gasteiger partial charge in [-0.3, -0.25) is 4.98 Å². The van der Waals surface area contributed by atoms with E-state index in [1.54, 1.807) is 6.07 Å². The zero-order chi connectivity index (χ0) is 14.8. The van der Waals surface area contributed by atoms with Gasteiger partial charge in [0.2, 0.25) is 0 Å². The molecule has 106 valence electrons. The molecule has 7 heteroatoms. The van der Waals surface area contributed by atoms with Crippen LogP contribution in [0.4, 0.5) is 13.2 Å². The van der Waals surface area contributed by atoms with Gasteiger partial charge < -0.3 is 9.47 Å². The number of rotatable bonds is 3. The molecule has 0 saturated heterocycles. The van der Waals surface area contributed by atoms with E-state index in [2.05, 4.69) is 9.72 Å². The van der Waals surface area contributed by atoms with Crippen molar-refractivity contribution < 1.29 is 22.6 Å². The Hall–Kier alpha value is -1.95. The smallest absolute Gasteiger partial charge is 0.494 e. The van der Waals surface area contributed by atoms with Crippen molar-refractivity contribution in [2.24, 2.45) is 0 Å². The number of aromatic nitrogens is 1. The van der Waals surface area contributed by atoms with Gasteiger partial charge in [-0.05, 0) is 12.1 Å². The molecule has 0 aliphatic heterocycles. The maximum absolute atomic E-state index is 12.2. The van der Waals surface area contributed by atoms with Crippen molar-refractivity contribution in [1.29, 1.82) is 0 Å². The van der Waals surface area contributed by atoms with Gasteiger partial charge in [0.15, 0.2) is 0 Å². The summed E-state index contributed by atoms with van der Waals surface area (Å²) in [6.07, 6.45) is -3.35. The molecule has 2 rings (SSSR count). The Morgan fingerprint density at radius 1 is 1.20 bits per heavy atom. The number of hydrogen-bond donors (Lipinski definition) is 0. The highest BCUT2D eigenvalue weighted by molar-refractivity contribution is 6.30. The first-order valence-electron chi connectivity index (χ1n) is 5.45. The summed E-state index contributed by atoms with van der Waals surface area (Å²) in [5.41, 5.74) is 0.810. The van der Waals surface area contributed by atoms with Crippen LogP contribution in [0.3, 0.4) is 0 Å². The minimum Gasteiger partial charge on any atom is -0.494 e. The van der Waals surface area contributed by atoms with Gasteiger partial charge in [-0.1, -0.05) is 23.7 Å². The van der Waals surface area contributed by atoms with Crippen molar-refractivity contribution in [3.05, 3.63) is 41.6 Å². The molecule has 1 aromatic heterocycles. The molecule has 0 radical (unpaired) electrons. The second kappa shape index (κ2) is 5.58. The molecule has 1 aromatic carbocycles. The molecule has 0 amide bonds. The molecule has 0 spiro atoms. The largest absolute Gasteiger partial charge is 0.573 e. The molecule has 0 atom stereocenters. The van der Waals surface area contributed by atoms with Crippen LogP contribution >= 0.6 is 11.6 Å². The summed E-state index contributed by atoms with van der Waals surface area (Å²) in [5.74, 6) is 0.0375. The molecule has 0 saturated carbocycles. The summed E-state index contributed by atoms with van der Waals surface area (Å²) >= 11 is 5.79. The van der Waals surface area contributed by atoms with Gasteiger partial charge >= 0.3 is 6.36 Å². The molecular formula is C13H9ClF3NO2. The van der Waals surface area contributed by atoms with E-state index in [1.807, 2.05) is 0 Å². The van der Waals surface area contributed by atoms with Crippen LogP contribution in [-0.2, 0) is 0 Å². The number of pyridine rings is 1. The lowest BCUT2D eigenvalue weighted by Crippen LogP contribution is -2.17. The van der Waals surface area contributed by atoms with Crippen molar-refractivity contribution >= 4 is 11.6 Å². The van der Waals surface area contributed by atoms with Crippen LogP contribution < -0.4 is 9.47 Å². The lowest BCUT2D eigenvalue weighted by Gasteiger charge is -2.11. The van der Waals surface area contributed by atoms with Gasteiger partial charge in [-0.25, -0.2) is 0 Å². The highest BCUT2D eigenvalue weighted by Gasteiger charge is 2.31. The third-order valence-corrected chi connectivity index (χ3v) is 2.59. The number of methoxy groups -OCH3 is 1. The SMILES string of the molecule is COc1cc(Cl)cnc1-c1cccc(OC(F)(F)F)c1. The fourth-order valence-corrected chi connectivity index (χ4v) is 1.78. The average molecular weight is 304 g/mol. The fourth-order valence-electron chi connectivity index (χ4n) is 1.63. The Morgan fingerprint density at radius 3 is 2.60 bits per heavy atom. The zero-order valence-electron chi connectivity index (χ0n) is 10.2. The van der Waals surface area contributed by atoms with Crippen LogP contribution in [0, 0.1) is 0 Å². The van der Waals surface area contributed by atoms with Crippen LogP contribution in [0.25, 0.3) is 11.3 Å². The lowest BCUT2D eigenvalue weighted by atomic mass is 10.1. The van der Waals surface area contributed by atoms with Crippen molar-refractivity contribution in [3.63, 3.8) is 0 Å². The predicted molar refractivity (Wildman–Crippen MR) is 67.9 cm³/mol. The van der Waals surface area contributed by atoms with E-state index in [0.717, 1.165) is 0 Å². The Kier molecular flexibility index (Phi) is 4.04. The number of hydrogen-bond acceptors (Lipinski definition) is 3. The number of alkyl halides is 3. The topological polar surface area (TPSA) is 31.4 Å². The summed E-state index contributed by atoms with van der Waals surface area (Å²) in [6.45, 7) is 0. The van der Waals surface area contributed by atoms with E-state index < -0.39 is 6.36 Å². The molecule has 0 aliphatic carbocycles. The normalized spacial score (nSPS) is 11.2. The Labute approximate surface area is 117 Å². The third kappa shape index (κ3) is 3.54. The molecule has 0 bridgehead atoms. The summed E-state index contributed by atoms with van der Waals surface area (Å²) in [4.78, 5) is 4.06. The van der Waals surface area contributed by atoms with Gasteiger partial charge in [0.25, 0.3) is 0 Å². The maximum atomic E-state index is 12.2. The number of benzene rings is 1. The first-order chi connectivity index (χ1) is 9.39. The number of ether oxygens (including phenoxy) is 2. The lowest BCUT2D eigenvalue weighted by molar-refractivity contribution is -0.274. The highest BCUT2D eigenvalue weighted by Crippen LogP contribution is 2.33. The van der Waals surface area contributed by atoms with Crippen LogP contribution in [-0.4, -0.2) is 18.5 Å². The first-order valence-corrected chi connectivity index (χ1v) is 5.82. The summed E-state index contributed by atoms with van der Waals surface area (Å²) in [6, 6.07) is 7.00. The average Bonchev–Trinajstić information content (AvgIpc) is 2.36. The van der Waals surface area contributed by atoms with Crippen molar-refractivity contribution in [2.45, 2.75) is 6.36 Å². The molecule has 0 N–H and O–H groups in total. The van der Waals surface area contributed by atoms with E-state index in [4.69, 9.17) is 16.3 Å². The molecule has 20 heavy (non-hydrogen) atoms. The van der Waals surface area contributed by atoms with Crippen LogP contribution in [0.5, 0.6) is 11.5 Å². The van der Waals surface area contributed by atoms with E-state index in [-0.39, 0.29) is 5.75 Å². The third-order valence-electron chi connectivity index (χ3n) is 2.38. The molecular weight excluding hydrogens is 295 g/mol. The quantitative estimate of drug-likeness (QED) is 0.846. The number of halogens is 4. The molecule has 0 fully saturated rings. The van der Waals surface area contributed by atoms with Gasteiger partial charge in [0, 0.05) is 17.8 Å². The van der Waals surface area contributed by atoms with Crippen molar-refractivity contribution in [3.8, 4) is 22.8 Å². The first kappa shape index (κ1) is 14.5. The standard InChI is InChI=1S/C13H9ClF3NO2/c1-19-11-6-9(14)7-18-12(11)8-3-2-4-10(5-8)20-13(15,16)17/h2-7H,1H3. The van der Waals surface area contributed by atoms with Crippen LogP contribution in [0.1, 0.15) is 0 Å². The summed E-state index contributed by atoms with van der Waals surface area (Å²) in [7, 11) is 1.42. The summed E-state index contributed by atoms with van der Waals surface area (Å²) in [5, 5.41) is 0.369. The molecule has 0 unspecified atom stereocenters. The molecule has 0 aliphatic rings. The Bertz CT molecular complexity index is 617.